The minimum atomic E-state index is -0.725. The zero-order valence-electron chi connectivity index (χ0n) is 12.2. The summed E-state index contributed by atoms with van der Waals surface area (Å²) in [6, 6.07) is 0. The predicted molar refractivity (Wildman–Crippen MR) is 70.6 cm³/mol. The van der Waals surface area contributed by atoms with Gasteiger partial charge in [-0.25, -0.2) is 14.7 Å². The first-order valence-electron chi connectivity index (χ1n) is 7.30. The zero-order valence-corrected chi connectivity index (χ0v) is 12.2. The fraction of sp³-hybridized carbons (Fsp3) is 0.800. The van der Waals surface area contributed by atoms with Crippen LogP contribution in [0.5, 0.6) is 0 Å². The first-order chi connectivity index (χ1) is 9.48. The summed E-state index contributed by atoms with van der Waals surface area (Å²) in [6.07, 6.45) is 4.13. The van der Waals surface area contributed by atoms with E-state index in [2.05, 4.69) is 20.8 Å². The van der Waals surface area contributed by atoms with E-state index in [1.54, 1.807) is 6.08 Å². The highest BCUT2D eigenvalue weighted by molar-refractivity contribution is 5.75. The lowest BCUT2D eigenvalue weighted by atomic mass is 9.65. The maximum Gasteiger partial charge on any atom is 0.148 e. The number of hydrogen-bond donors (Lipinski definition) is 1. The minimum absolute atomic E-state index is 0.167. The number of rotatable bonds is 3. The van der Waals surface area contributed by atoms with Gasteiger partial charge in [-0.15, -0.1) is 0 Å². The van der Waals surface area contributed by atoms with Crippen molar-refractivity contribution < 1.29 is 24.7 Å². The van der Waals surface area contributed by atoms with Gasteiger partial charge in [0.05, 0.1) is 0 Å². The second-order valence-electron chi connectivity index (χ2n) is 6.93. The van der Waals surface area contributed by atoms with Gasteiger partial charge < -0.3 is 0 Å². The summed E-state index contributed by atoms with van der Waals surface area (Å²) < 4.78 is 0. The zero-order chi connectivity index (χ0) is 14.5. The van der Waals surface area contributed by atoms with Crippen LogP contribution in [0.3, 0.4) is 0 Å². The Balaban J connectivity index is 2.14. The maximum atomic E-state index is 11.3. The van der Waals surface area contributed by atoms with Gasteiger partial charge in [0.2, 0.25) is 0 Å². The highest BCUT2D eigenvalue weighted by atomic mass is 17.2. The molecule has 2 heterocycles. The van der Waals surface area contributed by atoms with Gasteiger partial charge in [-0.05, 0) is 37.2 Å². The molecule has 0 aromatic carbocycles. The molecule has 0 aromatic rings. The van der Waals surface area contributed by atoms with E-state index < -0.39 is 11.7 Å². The van der Waals surface area contributed by atoms with Gasteiger partial charge in [-0.3, -0.25) is 10.1 Å². The molecule has 0 radical (unpaired) electrons. The second kappa shape index (κ2) is 4.63. The first kappa shape index (κ1) is 14.2. The molecule has 4 rings (SSSR count). The Morgan fingerprint density at radius 1 is 1.55 bits per heavy atom. The van der Waals surface area contributed by atoms with Crippen molar-refractivity contribution in [3.63, 3.8) is 0 Å². The molecule has 2 fully saturated rings. The highest BCUT2D eigenvalue weighted by Crippen LogP contribution is 2.63. The summed E-state index contributed by atoms with van der Waals surface area (Å²) >= 11 is 0. The molecule has 5 atom stereocenters. The van der Waals surface area contributed by atoms with E-state index in [1.807, 2.05) is 0 Å². The van der Waals surface area contributed by atoms with Crippen molar-refractivity contribution in [2.24, 2.45) is 17.3 Å². The third-order valence-electron chi connectivity index (χ3n) is 5.63. The molecule has 0 amide bonds. The van der Waals surface area contributed by atoms with Crippen LogP contribution in [0.4, 0.5) is 0 Å². The smallest absolute Gasteiger partial charge is 0.148 e. The van der Waals surface area contributed by atoms with Gasteiger partial charge in [-0.1, -0.05) is 20.8 Å². The number of fused-ring (bicyclic) bond motifs is 2. The van der Waals surface area contributed by atoms with Crippen molar-refractivity contribution >= 4 is 6.29 Å². The molecule has 1 saturated carbocycles. The minimum Gasteiger partial charge on any atom is -0.298 e. The fourth-order valence-corrected chi connectivity index (χ4v) is 4.57. The van der Waals surface area contributed by atoms with E-state index in [-0.39, 0.29) is 17.4 Å². The van der Waals surface area contributed by atoms with Crippen molar-refractivity contribution in [2.75, 3.05) is 0 Å². The molecule has 2 aliphatic carbocycles. The predicted octanol–water partition coefficient (Wildman–Crippen LogP) is 2.52. The molecule has 2 bridgehead atoms. The Hall–Kier alpha value is -0.750. The molecule has 1 spiro atoms. The molecule has 20 heavy (non-hydrogen) atoms. The molecular weight excluding hydrogens is 260 g/mol. The first-order valence-corrected chi connectivity index (χ1v) is 7.30. The molecule has 2 aliphatic heterocycles. The molecule has 5 heteroatoms. The Bertz CT molecular complexity index is 446. The molecule has 1 unspecified atom stereocenters. The number of hydrogen-bond acceptors (Lipinski definition) is 5. The maximum absolute atomic E-state index is 11.3. The highest BCUT2D eigenvalue weighted by Gasteiger charge is 2.68. The van der Waals surface area contributed by atoms with Gasteiger partial charge in [0, 0.05) is 11.0 Å². The van der Waals surface area contributed by atoms with E-state index in [1.165, 1.54) is 0 Å². The number of carbonyl (C=O) groups is 1. The standard InChI is InChI=1S/C15H22O5/c1-9(2)11-4-5-14(3)7-12-10(8-16)6-13(18-17)15(11,14)20-19-12/h6,8-9,11-13,17H,4-5,7H2,1-3H3/t11-,12+,13?,14-,15+/m1/s1. The molecule has 112 valence electrons. The van der Waals surface area contributed by atoms with E-state index in [4.69, 9.17) is 14.7 Å². The Labute approximate surface area is 118 Å². The van der Waals surface area contributed by atoms with Crippen LogP contribution in [0.15, 0.2) is 11.6 Å². The fourth-order valence-electron chi connectivity index (χ4n) is 4.57. The average molecular weight is 282 g/mol. The van der Waals surface area contributed by atoms with Crippen LogP contribution in [0.2, 0.25) is 0 Å². The summed E-state index contributed by atoms with van der Waals surface area (Å²) in [4.78, 5) is 27.3. The summed E-state index contributed by atoms with van der Waals surface area (Å²) in [5, 5.41) is 9.41. The Kier molecular flexibility index (Phi) is 3.29. The van der Waals surface area contributed by atoms with Gasteiger partial charge in [0.15, 0.2) is 0 Å². The van der Waals surface area contributed by atoms with Crippen molar-refractivity contribution in [1.82, 2.24) is 0 Å². The Morgan fingerprint density at radius 2 is 2.30 bits per heavy atom. The quantitative estimate of drug-likeness (QED) is 0.489. The topological polar surface area (TPSA) is 65.0 Å². The third-order valence-corrected chi connectivity index (χ3v) is 5.63. The Morgan fingerprint density at radius 3 is 2.90 bits per heavy atom. The van der Waals surface area contributed by atoms with Crippen LogP contribution in [-0.4, -0.2) is 29.4 Å². The van der Waals surface area contributed by atoms with Crippen LogP contribution in [0.1, 0.15) is 40.0 Å². The molecule has 0 aromatic heterocycles. The van der Waals surface area contributed by atoms with Crippen LogP contribution < -0.4 is 0 Å². The molecule has 1 N–H and O–H groups in total. The van der Waals surface area contributed by atoms with Crippen LogP contribution in [-0.2, 0) is 19.5 Å². The second-order valence-corrected chi connectivity index (χ2v) is 6.93. The van der Waals surface area contributed by atoms with Crippen LogP contribution in [0, 0.1) is 17.3 Å². The van der Waals surface area contributed by atoms with Crippen molar-refractivity contribution in [3.05, 3.63) is 11.6 Å². The van der Waals surface area contributed by atoms with Gasteiger partial charge in [0.25, 0.3) is 0 Å². The number of aldehydes is 1. The van der Waals surface area contributed by atoms with E-state index in [0.29, 0.717) is 11.5 Å². The summed E-state index contributed by atoms with van der Waals surface area (Å²) in [5.74, 6) is 0.591. The molecule has 5 nitrogen and oxygen atoms in total. The lowest BCUT2D eigenvalue weighted by Crippen LogP contribution is -2.61. The van der Waals surface area contributed by atoms with Crippen molar-refractivity contribution in [2.45, 2.75) is 57.8 Å². The van der Waals surface area contributed by atoms with E-state index in [0.717, 1.165) is 25.5 Å². The van der Waals surface area contributed by atoms with Crippen molar-refractivity contribution in [3.8, 4) is 0 Å². The van der Waals surface area contributed by atoms with Gasteiger partial charge >= 0.3 is 0 Å². The van der Waals surface area contributed by atoms with E-state index >= 15 is 0 Å². The third kappa shape index (κ3) is 1.61. The molecule has 4 aliphatic rings. The summed E-state index contributed by atoms with van der Waals surface area (Å²) in [7, 11) is 0. The monoisotopic (exact) mass is 282 g/mol. The lowest BCUT2D eigenvalue weighted by molar-refractivity contribution is -0.464. The molecule has 1 saturated heterocycles. The summed E-state index contributed by atoms with van der Waals surface area (Å²) in [6.45, 7) is 6.44. The molecular formula is C15H22O5. The van der Waals surface area contributed by atoms with Gasteiger partial charge in [0.1, 0.15) is 24.1 Å². The normalized spacial score (nSPS) is 47.0. The summed E-state index contributed by atoms with van der Waals surface area (Å²) in [5.41, 5.74) is -0.393. The van der Waals surface area contributed by atoms with E-state index in [9.17, 15) is 10.1 Å². The number of carbonyl (C=O) groups excluding carboxylic acids is 1. The van der Waals surface area contributed by atoms with Gasteiger partial charge in [-0.2, -0.15) is 0 Å². The van der Waals surface area contributed by atoms with Crippen LogP contribution in [0.25, 0.3) is 0 Å². The van der Waals surface area contributed by atoms with Crippen LogP contribution >= 0.6 is 0 Å². The average Bonchev–Trinajstić information content (AvgIpc) is 2.58. The van der Waals surface area contributed by atoms with Crippen molar-refractivity contribution in [1.29, 1.82) is 0 Å². The largest absolute Gasteiger partial charge is 0.298 e. The SMILES string of the molecule is CC(C)[C@H]1CC[C@]2(C)C[C@@H]3OO[C@]12C(OO)C=C3C=O. The lowest BCUT2D eigenvalue weighted by Gasteiger charge is -2.51.